The number of ether oxygens (including phenoxy) is 2. The van der Waals surface area contributed by atoms with Crippen molar-refractivity contribution in [2.45, 2.75) is 26.5 Å². The molecular formula is C17H21N3O2. The van der Waals surface area contributed by atoms with Crippen LogP contribution in [-0.4, -0.2) is 24.4 Å². The van der Waals surface area contributed by atoms with Gasteiger partial charge in [-0.05, 0) is 25.0 Å². The van der Waals surface area contributed by atoms with Gasteiger partial charge in [0.05, 0.1) is 18.8 Å². The quantitative estimate of drug-likeness (QED) is 0.890. The predicted octanol–water partition coefficient (Wildman–Crippen LogP) is 2.71. The van der Waals surface area contributed by atoms with Gasteiger partial charge in [-0.1, -0.05) is 24.3 Å². The van der Waals surface area contributed by atoms with E-state index in [2.05, 4.69) is 6.07 Å². The largest absolute Gasteiger partial charge is 0.472 e. The van der Waals surface area contributed by atoms with Crippen LogP contribution in [0.15, 0.2) is 30.3 Å². The molecule has 5 nitrogen and oxygen atoms in total. The van der Waals surface area contributed by atoms with Gasteiger partial charge in [0.1, 0.15) is 17.9 Å². The Morgan fingerprint density at radius 3 is 2.73 bits per heavy atom. The first-order valence-corrected chi connectivity index (χ1v) is 7.16. The van der Waals surface area contributed by atoms with Gasteiger partial charge in [0.25, 0.3) is 0 Å². The van der Waals surface area contributed by atoms with Crippen molar-refractivity contribution < 1.29 is 9.47 Å². The highest BCUT2D eigenvalue weighted by Crippen LogP contribution is 2.29. The Morgan fingerprint density at radius 2 is 2.09 bits per heavy atom. The van der Waals surface area contributed by atoms with Crippen LogP contribution in [-0.2, 0) is 11.3 Å². The zero-order valence-electron chi connectivity index (χ0n) is 13.2. The Balaban J connectivity index is 2.37. The van der Waals surface area contributed by atoms with Crippen LogP contribution >= 0.6 is 0 Å². The van der Waals surface area contributed by atoms with Gasteiger partial charge in [-0.2, -0.15) is 5.26 Å². The SMILES string of the molecule is COC[C@H](C)Oc1c(N)cc(C#N)n1Cc1ccccc1C. The predicted molar refractivity (Wildman–Crippen MR) is 85.8 cm³/mol. The van der Waals surface area contributed by atoms with Crippen molar-refractivity contribution in [2.24, 2.45) is 0 Å². The summed E-state index contributed by atoms with van der Waals surface area (Å²) in [5, 5.41) is 9.33. The van der Waals surface area contributed by atoms with Gasteiger partial charge in [0, 0.05) is 13.2 Å². The van der Waals surface area contributed by atoms with E-state index in [1.807, 2.05) is 42.7 Å². The van der Waals surface area contributed by atoms with Crippen molar-refractivity contribution in [2.75, 3.05) is 19.5 Å². The van der Waals surface area contributed by atoms with Crippen LogP contribution in [0.5, 0.6) is 5.88 Å². The first-order valence-electron chi connectivity index (χ1n) is 7.16. The molecule has 0 amide bonds. The molecule has 0 aliphatic rings. The molecule has 2 aromatic rings. The van der Waals surface area contributed by atoms with Gasteiger partial charge in [-0.15, -0.1) is 0 Å². The van der Waals surface area contributed by atoms with E-state index in [1.54, 1.807) is 13.2 Å². The highest BCUT2D eigenvalue weighted by molar-refractivity contribution is 5.55. The average Bonchev–Trinajstić information content (AvgIpc) is 2.78. The topological polar surface area (TPSA) is 73.2 Å². The van der Waals surface area contributed by atoms with Crippen molar-refractivity contribution in [1.82, 2.24) is 4.57 Å². The number of methoxy groups -OCH3 is 1. The van der Waals surface area contributed by atoms with E-state index in [0.717, 1.165) is 11.1 Å². The van der Waals surface area contributed by atoms with E-state index < -0.39 is 0 Å². The maximum absolute atomic E-state index is 9.33. The maximum atomic E-state index is 9.33. The Labute approximate surface area is 130 Å². The lowest BCUT2D eigenvalue weighted by molar-refractivity contribution is 0.0869. The first kappa shape index (κ1) is 15.9. The molecule has 1 heterocycles. The standard InChI is InChI=1S/C17H21N3O2/c1-12-6-4-5-7-14(12)10-20-15(9-18)8-16(19)17(20)22-13(2)11-21-3/h4-8,13H,10-11,19H2,1-3H3/t13-/m0/s1. The number of nitrogen functional groups attached to an aromatic ring is 1. The average molecular weight is 299 g/mol. The van der Waals surface area contributed by atoms with E-state index in [0.29, 0.717) is 30.4 Å². The van der Waals surface area contributed by atoms with Crippen LogP contribution in [0, 0.1) is 18.3 Å². The second-order valence-corrected chi connectivity index (χ2v) is 5.30. The summed E-state index contributed by atoms with van der Waals surface area (Å²) in [5.74, 6) is 0.518. The number of anilines is 1. The summed E-state index contributed by atoms with van der Waals surface area (Å²) in [6, 6.07) is 11.9. The van der Waals surface area contributed by atoms with Gasteiger partial charge < -0.3 is 15.2 Å². The number of aryl methyl sites for hydroxylation is 1. The fourth-order valence-electron chi connectivity index (χ4n) is 2.35. The number of nitrogens with zero attached hydrogens (tertiary/aromatic N) is 2. The van der Waals surface area contributed by atoms with Crippen molar-refractivity contribution in [3.63, 3.8) is 0 Å². The molecule has 0 aliphatic carbocycles. The minimum absolute atomic E-state index is 0.149. The lowest BCUT2D eigenvalue weighted by Gasteiger charge is -2.18. The molecule has 0 fully saturated rings. The molecule has 1 aromatic carbocycles. The minimum Gasteiger partial charge on any atom is -0.472 e. The smallest absolute Gasteiger partial charge is 0.219 e. The van der Waals surface area contributed by atoms with Gasteiger partial charge in [0.15, 0.2) is 0 Å². The van der Waals surface area contributed by atoms with Gasteiger partial charge in [0.2, 0.25) is 5.88 Å². The van der Waals surface area contributed by atoms with Crippen LogP contribution < -0.4 is 10.5 Å². The number of nitriles is 1. The number of rotatable bonds is 6. The molecule has 0 bridgehead atoms. The van der Waals surface area contributed by atoms with E-state index in [-0.39, 0.29) is 6.10 Å². The Bertz CT molecular complexity index is 686. The summed E-state index contributed by atoms with van der Waals surface area (Å²) >= 11 is 0. The summed E-state index contributed by atoms with van der Waals surface area (Å²) in [4.78, 5) is 0. The second kappa shape index (κ2) is 7.01. The number of benzene rings is 1. The molecule has 1 aromatic heterocycles. The van der Waals surface area contributed by atoms with Crippen molar-refractivity contribution >= 4 is 5.69 Å². The second-order valence-electron chi connectivity index (χ2n) is 5.30. The van der Waals surface area contributed by atoms with Gasteiger partial charge >= 0.3 is 0 Å². The third-order valence-corrected chi connectivity index (χ3v) is 3.49. The summed E-state index contributed by atoms with van der Waals surface area (Å²) in [5.41, 5.74) is 9.25. The zero-order chi connectivity index (χ0) is 16.1. The van der Waals surface area contributed by atoms with Crippen LogP contribution in [0.1, 0.15) is 23.7 Å². The molecule has 5 heteroatoms. The molecule has 0 radical (unpaired) electrons. The monoisotopic (exact) mass is 299 g/mol. The van der Waals surface area contributed by atoms with Crippen LogP contribution in [0.25, 0.3) is 0 Å². The fourth-order valence-corrected chi connectivity index (χ4v) is 2.35. The third-order valence-electron chi connectivity index (χ3n) is 3.49. The molecular weight excluding hydrogens is 278 g/mol. The summed E-state index contributed by atoms with van der Waals surface area (Å²) in [6.45, 7) is 4.95. The van der Waals surface area contributed by atoms with E-state index >= 15 is 0 Å². The minimum atomic E-state index is -0.149. The van der Waals surface area contributed by atoms with Crippen LogP contribution in [0.4, 0.5) is 5.69 Å². The number of nitrogens with two attached hydrogens (primary N) is 1. The molecule has 116 valence electrons. The summed E-state index contributed by atoms with van der Waals surface area (Å²) < 4.78 is 12.8. The van der Waals surface area contributed by atoms with E-state index in [4.69, 9.17) is 15.2 Å². The Morgan fingerprint density at radius 1 is 1.36 bits per heavy atom. The maximum Gasteiger partial charge on any atom is 0.219 e. The Kier molecular flexibility index (Phi) is 5.08. The van der Waals surface area contributed by atoms with Crippen molar-refractivity contribution in [1.29, 1.82) is 5.26 Å². The summed E-state index contributed by atoms with van der Waals surface area (Å²) in [6.07, 6.45) is -0.149. The zero-order valence-corrected chi connectivity index (χ0v) is 13.2. The highest BCUT2D eigenvalue weighted by Gasteiger charge is 2.17. The number of aromatic nitrogens is 1. The molecule has 0 saturated heterocycles. The number of hydrogen-bond acceptors (Lipinski definition) is 4. The molecule has 1 atom stereocenters. The normalized spacial score (nSPS) is 11.9. The van der Waals surface area contributed by atoms with E-state index in [1.165, 1.54) is 0 Å². The van der Waals surface area contributed by atoms with Crippen LogP contribution in [0.3, 0.4) is 0 Å². The summed E-state index contributed by atoms with van der Waals surface area (Å²) in [7, 11) is 1.62. The first-order chi connectivity index (χ1) is 10.6. The molecule has 2 N–H and O–H groups in total. The van der Waals surface area contributed by atoms with E-state index in [9.17, 15) is 5.26 Å². The molecule has 0 spiro atoms. The lowest BCUT2D eigenvalue weighted by atomic mass is 10.1. The lowest BCUT2D eigenvalue weighted by Crippen LogP contribution is -2.20. The molecule has 0 aliphatic heterocycles. The molecule has 2 rings (SSSR count). The Hall–Kier alpha value is -2.45. The fraction of sp³-hybridized carbons (Fsp3) is 0.353. The van der Waals surface area contributed by atoms with Crippen molar-refractivity contribution in [3.8, 4) is 11.9 Å². The molecule has 22 heavy (non-hydrogen) atoms. The molecule has 0 saturated carbocycles. The molecule has 0 unspecified atom stereocenters. The third kappa shape index (κ3) is 3.41. The highest BCUT2D eigenvalue weighted by atomic mass is 16.5. The number of hydrogen-bond donors (Lipinski definition) is 1. The van der Waals surface area contributed by atoms with Gasteiger partial charge in [-0.3, -0.25) is 4.57 Å². The van der Waals surface area contributed by atoms with Crippen molar-refractivity contribution in [3.05, 3.63) is 47.2 Å². The van der Waals surface area contributed by atoms with Gasteiger partial charge in [-0.25, -0.2) is 0 Å². The van der Waals surface area contributed by atoms with Crippen LogP contribution in [0.2, 0.25) is 0 Å².